The molecular formula is C19H20N4O4S. The molecule has 0 aliphatic heterocycles. The molecule has 8 nitrogen and oxygen atoms in total. The predicted molar refractivity (Wildman–Crippen MR) is 104 cm³/mol. The molecule has 0 aliphatic rings. The number of nitrogens with zero attached hydrogens (tertiary/aromatic N) is 2. The lowest BCUT2D eigenvalue weighted by Crippen LogP contribution is -2.22. The summed E-state index contributed by atoms with van der Waals surface area (Å²) in [5, 5.41) is 2.79. The molecule has 0 saturated heterocycles. The number of rotatable bonds is 7. The summed E-state index contributed by atoms with van der Waals surface area (Å²) >= 11 is 0. The molecule has 0 radical (unpaired) electrons. The SMILES string of the molecule is CONS(=O)(=O)c1ccc(C(=O)Nc2ccc(Cn3ccnc3C)cc2)cc1. The molecule has 0 spiro atoms. The Kier molecular flexibility index (Phi) is 5.88. The van der Waals surface area contributed by atoms with E-state index < -0.39 is 10.0 Å². The van der Waals surface area contributed by atoms with E-state index >= 15 is 0 Å². The first-order valence-corrected chi connectivity index (χ1v) is 9.90. The Morgan fingerprint density at radius 1 is 1.11 bits per heavy atom. The number of carbonyl (C=O) groups is 1. The van der Waals surface area contributed by atoms with Gasteiger partial charge in [0.05, 0.1) is 12.0 Å². The number of hydrogen-bond donors (Lipinski definition) is 2. The van der Waals surface area contributed by atoms with Crippen LogP contribution in [0.4, 0.5) is 5.69 Å². The summed E-state index contributed by atoms with van der Waals surface area (Å²) in [5.74, 6) is 0.602. The van der Waals surface area contributed by atoms with Crippen molar-refractivity contribution in [2.75, 3.05) is 12.4 Å². The van der Waals surface area contributed by atoms with E-state index in [4.69, 9.17) is 0 Å². The number of anilines is 1. The van der Waals surface area contributed by atoms with Crippen LogP contribution >= 0.6 is 0 Å². The third-order valence-corrected chi connectivity index (χ3v) is 5.39. The van der Waals surface area contributed by atoms with Crippen LogP contribution in [0.1, 0.15) is 21.7 Å². The molecule has 146 valence electrons. The molecule has 28 heavy (non-hydrogen) atoms. The molecule has 2 N–H and O–H groups in total. The summed E-state index contributed by atoms with van der Waals surface area (Å²) in [6.45, 7) is 2.64. The molecule has 0 atom stereocenters. The fraction of sp³-hybridized carbons (Fsp3) is 0.158. The van der Waals surface area contributed by atoms with Crippen molar-refractivity contribution in [3.05, 3.63) is 77.9 Å². The van der Waals surface area contributed by atoms with E-state index in [1.165, 1.54) is 31.4 Å². The topological polar surface area (TPSA) is 102 Å². The third-order valence-electron chi connectivity index (χ3n) is 4.11. The van der Waals surface area contributed by atoms with Crippen molar-refractivity contribution in [2.24, 2.45) is 0 Å². The van der Waals surface area contributed by atoms with Crippen molar-refractivity contribution in [3.63, 3.8) is 0 Å². The van der Waals surface area contributed by atoms with Gasteiger partial charge in [0.2, 0.25) is 0 Å². The lowest BCUT2D eigenvalue weighted by atomic mass is 10.2. The van der Waals surface area contributed by atoms with Crippen LogP contribution in [0.5, 0.6) is 0 Å². The quantitative estimate of drug-likeness (QED) is 0.593. The van der Waals surface area contributed by atoms with Gasteiger partial charge in [-0.3, -0.25) is 9.63 Å². The molecule has 0 fully saturated rings. The normalized spacial score (nSPS) is 11.4. The van der Waals surface area contributed by atoms with Crippen molar-refractivity contribution in [2.45, 2.75) is 18.4 Å². The molecule has 1 amide bonds. The number of carbonyl (C=O) groups excluding carboxylic acids is 1. The van der Waals surface area contributed by atoms with Gasteiger partial charge in [0, 0.05) is 30.2 Å². The lowest BCUT2D eigenvalue weighted by molar-refractivity contribution is 0.102. The van der Waals surface area contributed by atoms with Gasteiger partial charge in [-0.15, -0.1) is 0 Å². The summed E-state index contributed by atoms with van der Waals surface area (Å²) in [4.78, 5) is 22.9. The Labute approximate surface area is 163 Å². The highest BCUT2D eigenvalue weighted by atomic mass is 32.2. The third kappa shape index (κ3) is 4.63. The van der Waals surface area contributed by atoms with E-state index in [1.807, 2.05) is 46.8 Å². The minimum absolute atomic E-state index is 0.00467. The second-order valence-corrected chi connectivity index (χ2v) is 7.71. The van der Waals surface area contributed by atoms with Crippen molar-refractivity contribution in [1.29, 1.82) is 0 Å². The van der Waals surface area contributed by atoms with Crippen LogP contribution in [0.25, 0.3) is 0 Å². The Bertz CT molecular complexity index is 1060. The number of aromatic nitrogens is 2. The van der Waals surface area contributed by atoms with Gasteiger partial charge < -0.3 is 9.88 Å². The van der Waals surface area contributed by atoms with Gasteiger partial charge in [0.1, 0.15) is 5.82 Å². The molecule has 1 aromatic heterocycles. The number of nitrogens with one attached hydrogen (secondary N) is 2. The van der Waals surface area contributed by atoms with Crippen molar-refractivity contribution in [3.8, 4) is 0 Å². The molecular weight excluding hydrogens is 380 g/mol. The highest BCUT2D eigenvalue weighted by molar-refractivity contribution is 7.89. The standard InChI is InChI=1S/C19H20N4O4S/c1-14-20-11-12-23(14)13-15-3-7-17(8-4-15)21-19(24)16-5-9-18(10-6-16)28(25,26)22-27-2/h3-12,22H,13H2,1-2H3,(H,21,24). The predicted octanol–water partition coefficient (Wildman–Crippen LogP) is 2.33. The number of amides is 1. The summed E-state index contributed by atoms with van der Waals surface area (Å²) in [7, 11) is -2.54. The number of imidazole rings is 1. The molecule has 0 aliphatic carbocycles. The second kappa shape index (κ2) is 8.34. The molecule has 3 aromatic rings. The van der Waals surface area contributed by atoms with E-state index in [-0.39, 0.29) is 10.8 Å². The second-order valence-electron chi connectivity index (χ2n) is 6.07. The van der Waals surface area contributed by atoms with E-state index in [9.17, 15) is 13.2 Å². The lowest BCUT2D eigenvalue weighted by Gasteiger charge is -2.09. The van der Waals surface area contributed by atoms with Crippen molar-refractivity contribution < 1.29 is 18.0 Å². The van der Waals surface area contributed by atoms with E-state index in [0.29, 0.717) is 17.8 Å². The summed E-state index contributed by atoms with van der Waals surface area (Å²) in [6, 6.07) is 13.1. The Morgan fingerprint density at radius 3 is 2.36 bits per heavy atom. The maximum atomic E-state index is 12.4. The zero-order valence-electron chi connectivity index (χ0n) is 15.4. The van der Waals surface area contributed by atoms with Crippen LogP contribution in [0.2, 0.25) is 0 Å². The van der Waals surface area contributed by atoms with Gasteiger partial charge in [-0.25, -0.2) is 13.4 Å². The van der Waals surface area contributed by atoms with Crippen LogP contribution in [-0.4, -0.2) is 31.0 Å². The number of benzene rings is 2. The number of hydrogen-bond acceptors (Lipinski definition) is 5. The van der Waals surface area contributed by atoms with Gasteiger partial charge in [0.25, 0.3) is 15.9 Å². The van der Waals surface area contributed by atoms with Gasteiger partial charge in [-0.2, -0.15) is 0 Å². The fourth-order valence-electron chi connectivity index (χ4n) is 2.61. The Morgan fingerprint density at radius 2 is 1.79 bits per heavy atom. The average Bonchev–Trinajstić information content (AvgIpc) is 3.08. The maximum absolute atomic E-state index is 12.4. The van der Waals surface area contributed by atoms with Gasteiger partial charge in [-0.1, -0.05) is 17.0 Å². The largest absolute Gasteiger partial charge is 0.331 e. The highest BCUT2D eigenvalue weighted by Crippen LogP contribution is 2.15. The summed E-state index contributed by atoms with van der Waals surface area (Å²) in [6.07, 6.45) is 3.67. The van der Waals surface area contributed by atoms with Crippen molar-refractivity contribution in [1.82, 2.24) is 14.4 Å². The smallest absolute Gasteiger partial charge is 0.262 e. The van der Waals surface area contributed by atoms with E-state index in [1.54, 1.807) is 6.20 Å². The van der Waals surface area contributed by atoms with Crippen molar-refractivity contribution >= 4 is 21.6 Å². The van der Waals surface area contributed by atoms with Gasteiger partial charge in [-0.05, 0) is 48.9 Å². The first kappa shape index (κ1) is 19.7. The fourth-order valence-corrected chi connectivity index (χ4v) is 3.42. The van der Waals surface area contributed by atoms with E-state index in [2.05, 4.69) is 15.1 Å². The Hall–Kier alpha value is -3.01. The zero-order valence-corrected chi connectivity index (χ0v) is 16.2. The molecule has 1 heterocycles. The Balaban J connectivity index is 1.65. The molecule has 2 aromatic carbocycles. The summed E-state index contributed by atoms with van der Waals surface area (Å²) < 4.78 is 25.7. The molecule has 9 heteroatoms. The number of sulfonamides is 1. The molecule has 3 rings (SSSR count). The van der Waals surface area contributed by atoms with E-state index in [0.717, 1.165) is 11.4 Å². The molecule has 0 bridgehead atoms. The first-order valence-electron chi connectivity index (χ1n) is 8.42. The van der Waals surface area contributed by atoms with Crippen LogP contribution in [0.3, 0.4) is 0 Å². The molecule has 0 unspecified atom stereocenters. The summed E-state index contributed by atoms with van der Waals surface area (Å²) in [5.41, 5.74) is 2.07. The number of aryl methyl sites for hydroxylation is 1. The van der Waals surface area contributed by atoms with Gasteiger partial charge in [0.15, 0.2) is 0 Å². The first-order chi connectivity index (χ1) is 13.4. The highest BCUT2D eigenvalue weighted by Gasteiger charge is 2.14. The minimum Gasteiger partial charge on any atom is -0.331 e. The monoisotopic (exact) mass is 400 g/mol. The average molecular weight is 400 g/mol. The van der Waals surface area contributed by atoms with Gasteiger partial charge >= 0.3 is 0 Å². The minimum atomic E-state index is -3.75. The van der Waals surface area contributed by atoms with Crippen LogP contribution < -0.4 is 10.2 Å². The molecule has 0 saturated carbocycles. The van der Waals surface area contributed by atoms with Crippen LogP contribution in [0, 0.1) is 6.92 Å². The van der Waals surface area contributed by atoms with Crippen LogP contribution in [0.15, 0.2) is 65.8 Å². The zero-order chi connectivity index (χ0) is 20.1. The van der Waals surface area contributed by atoms with Crippen LogP contribution in [-0.2, 0) is 21.4 Å². The maximum Gasteiger partial charge on any atom is 0.262 e.